The van der Waals surface area contributed by atoms with E-state index in [4.69, 9.17) is 5.73 Å². The smallest absolute Gasteiger partial charge is 0.252 e. The molecule has 0 heterocycles. The second kappa shape index (κ2) is 8.95. The topological polar surface area (TPSA) is 55.1 Å². The van der Waals surface area contributed by atoms with E-state index in [-0.39, 0.29) is 11.6 Å². The average molecular weight is 345 g/mol. The maximum atomic E-state index is 13.2. The number of rotatable bonds is 8. The maximum absolute atomic E-state index is 13.2. The number of hydrogen-bond donors (Lipinski definition) is 2. The van der Waals surface area contributed by atoms with Crippen LogP contribution in [-0.4, -0.2) is 12.5 Å². The first-order chi connectivity index (χ1) is 9.56. The third kappa shape index (κ3) is 5.49. The van der Waals surface area contributed by atoms with Gasteiger partial charge in [-0.05, 0) is 34.5 Å². The molecular weight excluding hydrogens is 323 g/mol. The van der Waals surface area contributed by atoms with Gasteiger partial charge in [0.15, 0.2) is 0 Å². The van der Waals surface area contributed by atoms with E-state index in [1.807, 2.05) is 0 Å². The molecule has 112 valence electrons. The molecule has 0 spiro atoms. The minimum atomic E-state index is -0.524. The van der Waals surface area contributed by atoms with Crippen LogP contribution >= 0.6 is 15.9 Å². The number of nitrogens with two attached hydrogens (primary N) is 1. The second-order valence-electron chi connectivity index (χ2n) is 4.88. The Balaban J connectivity index is 2.34. The van der Waals surface area contributed by atoms with Gasteiger partial charge in [-0.1, -0.05) is 39.0 Å². The maximum Gasteiger partial charge on any atom is 0.252 e. The number of carbonyl (C=O) groups is 1. The highest BCUT2D eigenvalue weighted by Crippen LogP contribution is 2.22. The van der Waals surface area contributed by atoms with E-state index in [0.717, 1.165) is 12.8 Å². The van der Waals surface area contributed by atoms with Crippen molar-refractivity contribution in [3.05, 3.63) is 28.0 Å². The van der Waals surface area contributed by atoms with Crippen LogP contribution in [0.2, 0.25) is 0 Å². The van der Waals surface area contributed by atoms with E-state index >= 15 is 0 Å². The Morgan fingerprint density at radius 3 is 2.60 bits per heavy atom. The predicted molar refractivity (Wildman–Crippen MR) is 84.2 cm³/mol. The molecule has 0 bridgehead atoms. The summed E-state index contributed by atoms with van der Waals surface area (Å²) in [6.07, 6.45) is 7.04. The first-order valence-electron chi connectivity index (χ1n) is 7.09. The fraction of sp³-hybridized carbons (Fsp3) is 0.533. The Kier molecular flexibility index (Phi) is 7.59. The van der Waals surface area contributed by atoms with Crippen LogP contribution in [0.3, 0.4) is 0 Å². The van der Waals surface area contributed by atoms with Gasteiger partial charge in [-0.2, -0.15) is 0 Å². The Hall–Kier alpha value is -1.10. The fourth-order valence-corrected chi connectivity index (χ4v) is 2.44. The normalized spacial score (nSPS) is 10.6. The summed E-state index contributed by atoms with van der Waals surface area (Å²) in [5.41, 5.74) is 5.83. The third-order valence-electron chi connectivity index (χ3n) is 3.15. The van der Waals surface area contributed by atoms with Crippen LogP contribution < -0.4 is 11.1 Å². The molecule has 0 aliphatic heterocycles. The van der Waals surface area contributed by atoms with Gasteiger partial charge in [-0.3, -0.25) is 4.79 Å². The van der Waals surface area contributed by atoms with Crippen molar-refractivity contribution in [3.63, 3.8) is 0 Å². The van der Waals surface area contributed by atoms with Gasteiger partial charge < -0.3 is 11.1 Å². The van der Waals surface area contributed by atoms with Gasteiger partial charge >= 0.3 is 0 Å². The first-order valence-corrected chi connectivity index (χ1v) is 7.88. The monoisotopic (exact) mass is 344 g/mol. The summed E-state index contributed by atoms with van der Waals surface area (Å²) in [7, 11) is 0. The molecule has 0 aliphatic carbocycles. The molecular formula is C15H22BrFN2O. The molecule has 0 aliphatic rings. The Labute approximate surface area is 128 Å². The van der Waals surface area contributed by atoms with E-state index in [1.165, 1.54) is 37.8 Å². The van der Waals surface area contributed by atoms with Crippen molar-refractivity contribution in [1.29, 1.82) is 0 Å². The Morgan fingerprint density at radius 2 is 1.90 bits per heavy atom. The molecule has 0 saturated carbocycles. The van der Waals surface area contributed by atoms with E-state index in [2.05, 4.69) is 28.2 Å². The van der Waals surface area contributed by atoms with Crippen molar-refractivity contribution < 1.29 is 9.18 Å². The van der Waals surface area contributed by atoms with Crippen LogP contribution in [0.4, 0.5) is 10.1 Å². The lowest BCUT2D eigenvalue weighted by molar-refractivity contribution is 0.0952. The molecule has 0 aromatic heterocycles. The lowest BCUT2D eigenvalue weighted by Crippen LogP contribution is -2.25. The zero-order valence-corrected chi connectivity index (χ0v) is 13.4. The standard InChI is InChI=1S/C15H22BrFN2O/c1-2-3-4-5-6-7-8-19-15(20)11-9-14(18)13(17)10-12(11)16/h9-10H,2-8,18H2,1H3,(H,19,20). The van der Waals surface area contributed by atoms with E-state index in [0.29, 0.717) is 16.6 Å². The molecule has 1 amide bonds. The van der Waals surface area contributed by atoms with E-state index in [9.17, 15) is 9.18 Å². The molecule has 0 saturated heterocycles. The van der Waals surface area contributed by atoms with Crippen molar-refractivity contribution in [2.45, 2.75) is 45.4 Å². The number of anilines is 1. The molecule has 0 atom stereocenters. The molecule has 20 heavy (non-hydrogen) atoms. The SMILES string of the molecule is CCCCCCCCNC(=O)c1cc(N)c(F)cc1Br. The summed E-state index contributed by atoms with van der Waals surface area (Å²) in [5.74, 6) is -0.749. The molecule has 5 heteroatoms. The molecule has 3 N–H and O–H groups in total. The van der Waals surface area contributed by atoms with Gasteiger partial charge in [-0.25, -0.2) is 4.39 Å². The number of nitrogens with one attached hydrogen (secondary N) is 1. The number of carbonyl (C=O) groups excluding carboxylic acids is 1. The lowest BCUT2D eigenvalue weighted by Gasteiger charge is -2.08. The van der Waals surface area contributed by atoms with Crippen molar-refractivity contribution in [2.75, 3.05) is 12.3 Å². The molecule has 3 nitrogen and oxygen atoms in total. The van der Waals surface area contributed by atoms with Crippen LogP contribution in [0, 0.1) is 5.82 Å². The van der Waals surface area contributed by atoms with Crippen LogP contribution in [0.5, 0.6) is 0 Å². The highest BCUT2D eigenvalue weighted by Gasteiger charge is 2.12. The van der Waals surface area contributed by atoms with Crippen LogP contribution in [0.25, 0.3) is 0 Å². The summed E-state index contributed by atoms with van der Waals surface area (Å²) < 4.78 is 13.6. The van der Waals surface area contributed by atoms with Crippen molar-refractivity contribution in [2.24, 2.45) is 0 Å². The Bertz CT molecular complexity index is 452. The number of amides is 1. The van der Waals surface area contributed by atoms with Crippen molar-refractivity contribution in [1.82, 2.24) is 5.32 Å². The molecule has 0 unspecified atom stereocenters. The zero-order chi connectivity index (χ0) is 15.0. The van der Waals surface area contributed by atoms with Crippen molar-refractivity contribution in [3.8, 4) is 0 Å². The summed E-state index contributed by atoms with van der Waals surface area (Å²) >= 11 is 3.18. The second-order valence-corrected chi connectivity index (χ2v) is 5.73. The summed E-state index contributed by atoms with van der Waals surface area (Å²) in [5, 5.41) is 2.83. The predicted octanol–water partition coefficient (Wildman–Crippen LogP) is 4.26. The van der Waals surface area contributed by atoms with Gasteiger partial charge in [0.2, 0.25) is 0 Å². The average Bonchev–Trinajstić information content (AvgIpc) is 2.41. The fourth-order valence-electron chi connectivity index (χ4n) is 1.94. The van der Waals surface area contributed by atoms with Crippen LogP contribution in [0.15, 0.2) is 16.6 Å². The minimum Gasteiger partial charge on any atom is -0.396 e. The largest absolute Gasteiger partial charge is 0.396 e. The lowest BCUT2D eigenvalue weighted by atomic mass is 10.1. The van der Waals surface area contributed by atoms with E-state index in [1.54, 1.807) is 0 Å². The first kappa shape index (κ1) is 17.0. The van der Waals surface area contributed by atoms with Crippen molar-refractivity contribution >= 4 is 27.5 Å². The molecule has 1 rings (SSSR count). The number of benzene rings is 1. The van der Waals surface area contributed by atoms with Gasteiger partial charge in [0.1, 0.15) is 5.82 Å². The summed E-state index contributed by atoms with van der Waals surface area (Å²) in [6.45, 7) is 2.82. The van der Waals surface area contributed by atoms with E-state index < -0.39 is 5.82 Å². The molecule has 0 radical (unpaired) electrons. The zero-order valence-electron chi connectivity index (χ0n) is 11.8. The van der Waals surface area contributed by atoms with Gasteiger partial charge in [0, 0.05) is 11.0 Å². The number of nitrogen functional groups attached to an aromatic ring is 1. The van der Waals surface area contributed by atoms with Gasteiger partial charge in [0.05, 0.1) is 11.3 Å². The number of halogens is 2. The number of unbranched alkanes of at least 4 members (excludes halogenated alkanes) is 5. The quantitative estimate of drug-likeness (QED) is 0.546. The van der Waals surface area contributed by atoms with Crippen LogP contribution in [-0.2, 0) is 0 Å². The molecule has 1 aromatic rings. The van der Waals surface area contributed by atoms with Gasteiger partial charge in [0.25, 0.3) is 5.91 Å². The molecule has 0 fully saturated rings. The highest BCUT2D eigenvalue weighted by molar-refractivity contribution is 9.10. The highest BCUT2D eigenvalue weighted by atomic mass is 79.9. The van der Waals surface area contributed by atoms with Crippen LogP contribution in [0.1, 0.15) is 55.8 Å². The summed E-state index contributed by atoms with van der Waals surface area (Å²) in [6, 6.07) is 2.57. The molecule has 1 aromatic carbocycles. The minimum absolute atomic E-state index is 0.0158. The number of hydrogen-bond acceptors (Lipinski definition) is 2. The third-order valence-corrected chi connectivity index (χ3v) is 3.80. The Morgan fingerprint density at radius 1 is 1.25 bits per heavy atom. The summed E-state index contributed by atoms with van der Waals surface area (Å²) in [4.78, 5) is 11.9. The van der Waals surface area contributed by atoms with Gasteiger partial charge in [-0.15, -0.1) is 0 Å².